The Morgan fingerprint density at radius 3 is 2.73 bits per heavy atom. The first-order chi connectivity index (χ1) is 10.4. The molecule has 1 aliphatic carbocycles. The van der Waals surface area contributed by atoms with Crippen molar-refractivity contribution in [2.75, 3.05) is 6.61 Å². The van der Waals surface area contributed by atoms with Crippen molar-refractivity contribution >= 4 is 5.91 Å². The molecule has 4 heteroatoms. The maximum absolute atomic E-state index is 12.9. The van der Waals surface area contributed by atoms with Crippen LogP contribution in [0, 0.1) is 11.3 Å². The number of rotatable bonds is 3. The van der Waals surface area contributed by atoms with Crippen LogP contribution < -0.4 is 11.1 Å². The largest absolute Gasteiger partial charge is 0.377 e. The van der Waals surface area contributed by atoms with Gasteiger partial charge in [0.1, 0.15) is 5.54 Å². The fourth-order valence-corrected chi connectivity index (χ4v) is 4.18. The Morgan fingerprint density at radius 1 is 1.36 bits per heavy atom. The number of hydrogen-bond donors (Lipinski definition) is 2. The van der Waals surface area contributed by atoms with Crippen LogP contribution in [0.25, 0.3) is 0 Å². The van der Waals surface area contributed by atoms with E-state index in [2.05, 4.69) is 5.32 Å². The van der Waals surface area contributed by atoms with Crippen LogP contribution in [0.15, 0.2) is 30.3 Å². The van der Waals surface area contributed by atoms with Crippen LogP contribution in [0.3, 0.4) is 0 Å². The molecule has 0 bridgehead atoms. The molecule has 2 aliphatic rings. The molecule has 0 radical (unpaired) electrons. The highest BCUT2D eigenvalue weighted by Gasteiger charge is 2.70. The van der Waals surface area contributed by atoms with E-state index in [4.69, 9.17) is 10.5 Å². The van der Waals surface area contributed by atoms with Gasteiger partial charge in [-0.05, 0) is 25.3 Å². The molecule has 3 N–H and O–H groups in total. The van der Waals surface area contributed by atoms with Gasteiger partial charge in [0, 0.05) is 17.9 Å². The van der Waals surface area contributed by atoms with Gasteiger partial charge in [0.05, 0.1) is 12.1 Å². The lowest BCUT2D eigenvalue weighted by atomic mass is 9.46. The molecular weight excluding hydrogens is 276 g/mol. The lowest BCUT2D eigenvalue weighted by Crippen LogP contribution is -2.82. The SMILES string of the molecule is CC(NC(=O)C1(N)C2CCCOC2C1(C)C)c1ccccc1. The molecule has 1 saturated heterocycles. The van der Waals surface area contributed by atoms with Crippen LogP contribution >= 0.6 is 0 Å². The standard InChI is InChI=1S/C18H26N2O2/c1-12(13-8-5-4-6-9-13)20-16(21)18(19)14-10-7-11-22-15(14)17(18,2)3/h4-6,8-9,12,14-15H,7,10-11,19H2,1-3H3,(H,20,21). The van der Waals surface area contributed by atoms with Gasteiger partial charge in [0.2, 0.25) is 5.91 Å². The number of benzene rings is 1. The lowest BCUT2D eigenvalue weighted by molar-refractivity contribution is -0.225. The Bertz CT molecular complexity index is 557. The third-order valence-electron chi connectivity index (χ3n) is 5.71. The second-order valence-electron chi connectivity index (χ2n) is 7.24. The number of nitrogens with one attached hydrogen (secondary N) is 1. The monoisotopic (exact) mass is 302 g/mol. The van der Waals surface area contributed by atoms with Crippen molar-refractivity contribution in [3.05, 3.63) is 35.9 Å². The highest BCUT2D eigenvalue weighted by molar-refractivity contribution is 5.89. The number of amides is 1. The minimum atomic E-state index is -0.846. The van der Waals surface area contributed by atoms with Gasteiger partial charge in [-0.25, -0.2) is 0 Å². The van der Waals surface area contributed by atoms with E-state index in [-0.39, 0.29) is 29.4 Å². The molecule has 2 fully saturated rings. The number of nitrogens with two attached hydrogens (primary N) is 1. The third-order valence-corrected chi connectivity index (χ3v) is 5.71. The molecule has 1 aliphatic heterocycles. The highest BCUT2D eigenvalue weighted by atomic mass is 16.5. The smallest absolute Gasteiger partial charge is 0.241 e. The molecule has 4 unspecified atom stereocenters. The topological polar surface area (TPSA) is 64.4 Å². The predicted molar refractivity (Wildman–Crippen MR) is 86.2 cm³/mol. The van der Waals surface area contributed by atoms with Crippen molar-refractivity contribution in [1.82, 2.24) is 5.32 Å². The zero-order chi connectivity index (χ0) is 16.0. The van der Waals surface area contributed by atoms with E-state index in [1.807, 2.05) is 51.1 Å². The van der Waals surface area contributed by atoms with Crippen molar-refractivity contribution in [3.8, 4) is 0 Å². The lowest BCUT2D eigenvalue weighted by Gasteiger charge is -2.65. The van der Waals surface area contributed by atoms with Gasteiger partial charge in [-0.1, -0.05) is 44.2 Å². The first kappa shape index (κ1) is 15.5. The van der Waals surface area contributed by atoms with E-state index >= 15 is 0 Å². The summed E-state index contributed by atoms with van der Waals surface area (Å²) in [7, 11) is 0. The van der Waals surface area contributed by atoms with Gasteiger partial charge in [0.25, 0.3) is 0 Å². The van der Waals surface area contributed by atoms with Crippen LogP contribution in [-0.4, -0.2) is 24.2 Å². The summed E-state index contributed by atoms with van der Waals surface area (Å²) in [5.41, 5.74) is 6.52. The fraction of sp³-hybridized carbons (Fsp3) is 0.611. The number of carbonyl (C=O) groups excluding carboxylic acids is 1. The number of carbonyl (C=O) groups is 1. The zero-order valence-electron chi connectivity index (χ0n) is 13.6. The molecule has 1 amide bonds. The van der Waals surface area contributed by atoms with Crippen LogP contribution in [-0.2, 0) is 9.53 Å². The van der Waals surface area contributed by atoms with Crippen LogP contribution in [0.2, 0.25) is 0 Å². The fourth-order valence-electron chi connectivity index (χ4n) is 4.18. The van der Waals surface area contributed by atoms with Gasteiger partial charge in [-0.2, -0.15) is 0 Å². The molecule has 120 valence electrons. The van der Waals surface area contributed by atoms with Gasteiger partial charge < -0.3 is 15.8 Å². The normalized spacial score (nSPS) is 34.2. The first-order valence-electron chi connectivity index (χ1n) is 8.15. The predicted octanol–water partition coefficient (Wildman–Crippen LogP) is 2.40. The van der Waals surface area contributed by atoms with E-state index in [9.17, 15) is 4.79 Å². The van der Waals surface area contributed by atoms with Crippen molar-refractivity contribution < 1.29 is 9.53 Å². The summed E-state index contributed by atoms with van der Waals surface area (Å²) in [4.78, 5) is 12.9. The van der Waals surface area contributed by atoms with Crippen molar-refractivity contribution in [2.45, 2.75) is 51.3 Å². The van der Waals surface area contributed by atoms with Crippen molar-refractivity contribution in [3.63, 3.8) is 0 Å². The summed E-state index contributed by atoms with van der Waals surface area (Å²) in [6.07, 6.45) is 2.05. The quantitative estimate of drug-likeness (QED) is 0.901. The third kappa shape index (κ3) is 2.09. The molecular formula is C18H26N2O2. The Balaban J connectivity index is 1.76. The molecule has 4 atom stereocenters. The van der Waals surface area contributed by atoms with Crippen LogP contribution in [0.5, 0.6) is 0 Å². The molecule has 0 aromatic heterocycles. The molecule has 3 rings (SSSR count). The maximum atomic E-state index is 12.9. The average molecular weight is 302 g/mol. The van der Waals surface area contributed by atoms with E-state index in [1.54, 1.807) is 0 Å². The Morgan fingerprint density at radius 2 is 2.05 bits per heavy atom. The van der Waals surface area contributed by atoms with Gasteiger partial charge >= 0.3 is 0 Å². The van der Waals surface area contributed by atoms with Crippen molar-refractivity contribution in [2.24, 2.45) is 17.1 Å². The summed E-state index contributed by atoms with van der Waals surface area (Å²) >= 11 is 0. The first-order valence-corrected chi connectivity index (χ1v) is 8.15. The highest BCUT2D eigenvalue weighted by Crippen LogP contribution is 2.57. The summed E-state index contributed by atoms with van der Waals surface area (Å²) in [6.45, 7) is 6.87. The summed E-state index contributed by atoms with van der Waals surface area (Å²) in [6, 6.07) is 9.93. The molecule has 22 heavy (non-hydrogen) atoms. The maximum Gasteiger partial charge on any atom is 0.241 e. The summed E-state index contributed by atoms with van der Waals surface area (Å²) in [5.74, 6) is 0.0693. The Kier molecular flexibility index (Phi) is 3.77. The minimum Gasteiger partial charge on any atom is -0.377 e. The summed E-state index contributed by atoms with van der Waals surface area (Å²) in [5, 5.41) is 3.11. The van der Waals surface area contributed by atoms with E-state index < -0.39 is 5.54 Å². The molecule has 1 heterocycles. The van der Waals surface area contributed by atoms with Gasteiger partial charge in [0.15, 0.2) is 0 Å². The number of fused-ring (bicyclic) bond motifs is 1. The number of ether oxygens (including phenoxy) is 1. The second kappa shape index (κ2) is 5.36. The van der Waals surface area contributed by atoms with Crippen LogP contribution in [0.4, 0.5) is 0 Å². The molecule has 4 nitrogen and oxygen atoms in total. The van der Waals surface area contributed by atoms with Crippen LogP contribution in [0.1, 0.15) is 45.2 Å². The van der Waals surface area contributed by atoms with E-state index in [0.717, 1.165) is 25.0 Å². The Labute approximate surface area is 132 Å². The summed E-state index contributed by atoms with van der Waals surface area (Å²) < 4.78 is 5.87. The van der Waals surface area contributed by atoms with E-state index in [1.165, 1.54) is 0 Å². The van der Waals surface area contributed by atoms with Gasteiger partial charge in [-0.3, -0.25) is 4.79 Å². The Hall–Kier alpha value is -1.39. The number of hydrogen-bond acceptors (Lipinski definition) is 3. The molecule has 0 spiro atoms. The molecule has 1 aromatic rings. The average Bonchev–Trinajstić information content (AvgIpc) is 2.54. The van der Waals surface area contributed by atoms with E-state index in [0.29, 0.717) is 0 Å². The molecule has 1 saturated carbocycles. The second-order valence-corrected chi connectivity index (χ2v) is 7.24. The van der Waals surface area contributed by atoms with Gasteiger partial charge in [-0.15, -0.1) is 0 Å². The minimum absolute atomic E-state index is 0.0477. The molecule has 1 aromatic carbocycles. The van der Waals surface area contributed by atoms with Crippen molar-refractivity contribution in [1.29, 1.82) is 0 Å². The zero-order valence-corrected chi connectivity index (χ0v) is 13.6.